The smallest absolute Gasteiger partial charge is 0.264 e. The number of carbonyl (C=O) groups excluding carboxylic acids is 1. The molecule has 2 aromatic rings. The maximum atomic E-state index is 12.4. The Labute approximate surface area is 168 Å². The second-order valence-electron chi connectivity index (χ2n) is 6.22. The zero-order valence-corrected chi connectivity index (χ0v) is 17.0. The van der Waals surface area contributed by atoms with Crippen molar-refractivity contribution in [1.82, 2.24) is 5.32 Å². The van der Waals surface area contributed by atoms with Crippen molar-refractivity contribution in [2.75, 3.05) is 14.2 Å². The number of thioether (sulfide) groups is 1. The lowest BCUT2D eigenvalue weighted by Gasteiger charge is -2.16. The summed E-state index contributed by atoms with van der Waals surface area (Å²) in [5.41, 5.74) is 1.51. The summed E-state index contributed by atoms with van der Waals surface area (Å²) in [6.45, 7) is 3.89. The van der Waals surface area contributed by atoms with Gasteiger partial charge in [0.15, 0.2) is 16.7 Å². The molecular weight excluding hydrogens is 376 g/mol. The Bertz CT molecular complexity index is 921. The fourth-order valence-corrected chi connectivity index (χ4v) is 3.40. The van der Waals surface area contributed by atoms with Crippen molar-refractivity contribution >= 4 is 34.6 Å². The van der Waals surface area contributed by atoms with Gasteiger partial charge in [0.25, 0.3) is 5.91 Å². The number of nitrogens with one attached hydrogen (secondary N) is 1. The minimum Gasteiger partial charge on any atom is -0.497 e. The summed E-state index contributed by atoms with van der Waals surface area (Å²) in [7, 11) is 3.21. The molecule has 1 amide bonds. The topological polar surface area (TPSA) is 69.2 Å². The zero-order valence-electron chi connectivity index (χ0n) is 16.2. The van der Waals surface area contributed by atoms with E-state index in [0.717, 1.165) is 17.0 Å². The van der Waals surface area contributed by atoms with Crippen molar-refractivity contribution < 1.29 is 19.0 Å². The number of para-hydroxylation sites is 1. The number of benzene rings is 2. The molecule has 3 rings (SSSR count). The molecule has 1 N–H and O–H groups in total. The van der Waals surface area contributed by atoms with E-state index in [1.165, 1.54) is 11.8 Å². The third-order valence-corrected chi connectivity index (χ3v) is 4.73. The molecule has 146 valence electrons. The number of rotatable bonds is 6. The second kappa shape index (κ2) is 8.84. The predicted molar refractivity (Wildman–Crippen MR) is 113 cm³/mol. The molecule has 2 aromatic carbocycles. The minimum atomic E-state index is -0.199. The van der Waals surface area contributed by atoms with Crippen molar-refractivity contribution in [1.29, 1.82) is 0 Å². The Morgan fingerprint density at radius 2 is 1.82 bits per heavy atom. The average Bonchev–Trinajstić information content (AvgIpc) is 3.02. The summed E-state index contributed by atoms with van der Waals surface area (Å²) in [5, 5.41) is 3.32. The monoisotopic (exact) mass is 398 g/mol. The van der Waals surface area contributed by atoms with Gasteiger partial charge in [0.05, 0.1) is 30.9 Å². The molecule has 0 unspecified atom stereocenters. The summed E-state index contributed by atoms with van der Waals surface area (Å²) < 4.78 is 16.4. The molecule has 1 saturated heterocycles. The molecule has 1 heterocycles. The Morgan fingerprint density at radius 1 is 1.07 bits per heavy atom. The number of carbonyl (C=O) groups is 1. The quantitative estimate of drug-likeness (QED) is 0.731. The van der Waals surface area contributed by atoms with Gasteiger partial charge in [-0.25, -0.2) is 4.99 Å². The van der Waals surface area contributed by atoms with Crippen molar-refractivity contribution in [2.45, 2.75) is 20.0 Å². The molecule has 0 atom stereocenters. The first kappa shape index (κ1) is 19.8. The number of amidine groups is 1. The van der Waals surface area contributed by atoms with Gasteiger partial charge >= 0.3 is 0 Å². The van der Waals surface area contributed by atoms with Gasteiger partial charge in [-0.3, -0.25) is 4.79 Å². The molecule has 6 nitrogen and oxygen atoms in total. The molecule has 0 aliphatic carbocycles. The van der Waals surface area contributed by atoms with Crippen molar-refractivity contribution in [3.8, 4) is 17.2 Å². The van der Waals surface area contributed by atoms with E-state index in [-0.39, 0.29) is 12.0 Å². The largest absolute Gasteiger partial charge is 0.497 e. The summed E-state index contributed by atoms with van der Waals surface area (Å²) in [5.74, 6) is 1.79. The van der Waals surface area contributed by atoms with Crippen LogP contribution in [0.2, 0.25) is 0 Å². The van der Waals surface area contributed by atoms with Crippen LogP contribution < -0.4 is 19.5 Å². The second-order valence-corrected chi connectivity index (χ2v) is 7.26. The van der Waals surface area contributed by atoms with Gasteiger partial charge in [-0.2, -0.15) is 0 Å². The molecular formula is C21H22N2O4S. The number of hydrogen-bond acceptors (Lipinski definition) is 6. The summed E-state index contributed by atoms with van der Waals surface area (Å²) in [6.07, 6.45) is 1.77. The van der Waals surface area contributed by atoms with Crippen LogP contribution in [-0.4, -0.2) is 31.4 Å². The first-order valence-electron chi connectivity index (χ1n) is 8.77. The molecule has 28 heavy (non-hydrogen) atoms. The van der Waals surface area contributed by atoms with Gasteiger partial charge in [0, 0.05) is 5.56 Å². The summed E-state index contributed by atoms with van der Waals surface area (Å²) >= 11 is 1.28. The fourth-order valence-electron chi connectivity index (χ4n) is 2.56. The van der Waals surface area contributed by atoms with E-state index >= 15 is 0 Å². The van der Waals surface area contributed by atoms with Gasteiger partial charge in [0.1, 0.15) is 5.75 Å². The van der Waals surface area contributed by atoms with E-state index in [1.54, 1.807) is 20.3 Å². The van der Waals surface area contributed by atoms with Crippen LogP contribution in [0, 0.1) is 0 Å². The lowest BCUT2D eigenvalue weighted by Crippen LogP contribution is -2.19. The van der Waals surface area contributed by atoms with Gasteiger partial charge in [0.2, 0.25) is 0 Å². The summed E-state index contributed by atoms with van der Waals surface area (Å²) in [6, 6.07) is 12.9. The SMILES string of the molecule is COc1ccc(N=C2NC(=O)/C(=C\c3cccc(OC)c3OC(C)C)S2)cc1. The average molecular weight is 398 g/mol. The zero-order chi connectivity index (χ0) is 20.1. The number of methoxy groups -OCH3 is 2. The van der Waals surface area contributed by atoms with Gasteiger partial charge in [-0.1, -0.05) is 12.1 Å². The van der Waals surface area contributed by atoms with E-state index in [1.807, 2.05) is 56.3 Å². The number of amides is 1. The fraction of sp³-hybridized carbons (Fsp3) is 0.238. The third kappa shape index (κ3) is 4.67. The normalized spacial score (nSPS) is 16.5. The maximum absolute atomic E-state index is 12.4. The van der Waals surface area contributed by atoms with Crippen molar-refractivity contribution in [3.63, 3.8) is 0 Å². The Morgan fingerprint density at radius 3 is 2.46 bits per heavy atom. The standard InChI is InChI=1S/C21H22N2O4S/c1-13(2)27-19-14(6-5-7-17(19)26-4)12-18-20(24)23-21(28-18)22-15-8-10-16(25-3)11-9-15/h5-13H,1-4H3,(H,22,23,24)/b18-12+. The first-order chi connectivity index (χ1) is 13.5. The lowest BCUT2D eigenvalue weighted by molar-refractivity contribution is -0.115. The molecule has 0 aromatic heterocycles. The lowest BCUT2D eigenvalue weighted by atomic mass is 10.1. The van der Waals surface area contributed by atoms with Crippen LogP contribution in [0.4, 0.5) is 5.69 Å². The van der Waals surface area contributed by atoms with Gasteiger partial charge in [-0.05, 0) is 62.0 Å². The predicted octanol–water partition coefficient (Wildman–Crippen LogP) is 4.38. The Balaban J connectivity index is 1.87. The number of nitrogens with zero attached hydrogens (tertiary/aromatic N) is 1. The van der Waals surface area contributed by atoms with Crippen LogP contribution in [0.15, 0.2) is 52.4 Å². The van der Waals surface area contributed by atoms with Crippen LogP contribution in [0.5, 0.6) is 17.2 Å². The number of aliphatic imine (C=N–C) groups is 1. The molecule has 0 spiro atoms. The molecule has 1 fully saturated rings. The van der Waals surface area contributed by atoms with E-state index < -0.39 is 0 Å². The molecule has 1 aliphatic heterocycles. The molecule has 0 bridgehead atoms. The molecule has 1 aliphatic rings. The van der Waals surface area contributed by atoms with Crippen molar-refractivity contribution in [2.24, 2.45) is 4.99 Å². The summed E-state index contributed by atoms with van der Waals surface area (Å²) in [4.78, 5) is 17.4. The third-order valence-electron chi connectivity index (χ3n) is 3.82. The Hall–Kier alpha value is -2.93. The highest BCUT2D eigenvalue weighted by molar-refractivity contribution is 8.18. The van der Waals surface area contributed by atoms with Crippen LogP contribution in [0.1, 0.15) is 19.4 Å². The molecule has 7 heteroatoms. The van der Waals surface area contributed by atoms with Crippen LogP contribution in [0.25, 0.3) is 6.08 Å². The number of hydrogen-bond donors (Lipinski definition) is 1. The van der Waals surface area contributed by atoms with Crippen LogP contribution in [0.3, 0.4) is 0 Å². The maximum Gasteiger partial charge on any atom is 0.264 e. The molecule has 0 radical (unpaired) electrons. The highest BCUT2D eigenvalue weighted by Crippen LogP contribution is 2.36. The van der Waals surface area contributed by atoms with Gasteiger partial charge < -0.3 is 19.5 Å². The number of ether oxygens (including phenoxy) is 3. The Kier molecular flexibility index (Phi) is 6.26. The van der Waals surface area contributed by atoms with E-state index in [2.05, 4.69) is 10.3 Å². The van der Waals surface area contributed by atoms with Crippen LogP contribution >= 0.6 is 11.8 Å². The van der Waals surface area contributed by atoms with Crippen molar-refractivity contribution in [3.05, 3.63) is 52.9 Å². The van der Waals surface area contributed by atoms with E-state index in [4.69, 9.17) is 14.2 Å². The molecule has 0 saturated carbocycles. The van der Waals surface area contributed by atoms with E-state index in [0.29, 0.717) is 21.6 Å². The van der Waals surface area contributed by atoms with Gasteiger partial charge in [-0.15, -0.1) is 0 Å². The van der Waals surface area contributed by atoms with E-state index in [9.17, 15) is 4.79 Å². The highest BCUT2D eigenvalue weighted by Gasteiger charge is 2.25. The highest BCUT2D eigenvalue weighted by atomic mass is 32.2. The minimum absolute atomic E-state index is 0.0225. The van der Waals surface area contributed by atoms with Crippen LogP contribution in [-0.2, 0) is 4.79 Å². The first-order valence-corrected chi connectivity index (χ1v) is 9.59.